The Morgan fingerprint density at radius 3 is 1.47 bits per heavy atom. The van der Waals surface area contributed by atoms with Crippen LogP contribution in [0.4, 0.5) is 0 Å². The smallest absolute Gasteiger partial charge is 0.0471 e. The lowest BCUT2D eigenvalue weighted by molar-refractivity contribution is 0.0824. The van der Waals surface area contributed by atoms with Crippen molar-refractivity contribution in [1.82, 2.24) is 0 Å². The fraction of sp³-hybridized carbons (Fsp3) is 0.750. The number of rotatable bonds is 10. The molecular formula is C16H30O. The summed E-state index contributed by atoms with van der Waals surface area (Å²) in [6, 6.07) is 0. The van der Waals surface area contributed by atoms with Crippen LogP contribution in [-0.2, 0) is 4.74 Å². The lowest BCUT2D eigenvalue weighted by atomic mass is 9.85. The van der Waals surface area contributed by atoms with Gasteiger partial charge in [0.1, 0.15) is 0 Å². The van der Waals surface area contributed by atoms with Gasteiger partial charge in [0, 0.05) is 13.2 Å². The molecule has 1 heteroatoms. The van der Waals surface area contributed by atoms with Crippen molar-refractivity contribution in [2.45, 2.75) is 53.4 Å². The molecule has 0 atom stereocenters. The fourth-order valence-corrected chi connectivity index (χ4v) is 1.78. The minimum Gasteiger partial charge on any atom is -0.381 e. The first-order chi connectivity index (χ1) is 7.83. The first kappa shape index (κ1) is 16.4. The first-order valence-electron chi connectivity index (χ1n) is 6.62. The van der Waals surface area contributed by atoms with E-state index >= 15 is 0 Å². The third-order valence-electron chi connectivity index (χ3n) is 3.24. The van der Waals surface area contributed by atoms with Gasteiger partial charge in [0.2, 0.25) is 0 Å². The van der Waals surface area contributed by atoms with Crippen molar-refractivity contribution in [2.75, 3.05) is 13.2 Å². The first-order valence-corrected chi connectivity index (χ1v) is 6.62. The maximum absolute atomic E-state index is 5.73. The monoisotopic (exact) mass is 238 g/mol. The van der Waals surface area contributed by atoms with E-state index in [1.165, 1.54) is 0 Å². The SMILES string of the molecule is C=CCC(C)(C)CCOCCC(C)(C)CC=C. The largest absolute Gasteiger partial charge is 0.381 e. The average molecular weight is 238 g/mol. The van der Waals surface area contributed by atoms with Crippen molar-refractivity contribution in [3.8, 4) is 0 Å². The predicted molar refractivity (Wildman–Crippen MR) is 77.2 cm³/mol. The molecular weight excluding hydrogens is 208 g/mol. The molecule has 0 aliphatic carbocycles. The van der Waals surface area contributed by atoms with Gasteiger partial charge in [-0.3, -0.25) is 0 Å². The Morgan fingerprint density at radius 1 is 0.824 bits per heavy atom. The Morgan fingerprint density at radius 2 is 1.18 bits per heavy atom. The van der Waals surface area contributed by atoms with E-state index < -0.39 is 0 Å². The molecule has 0 aromatic rings. The van der Waals surface area contributed by atoms with E-state index in [1.54, 1.807) is 0 Å². The summed E-state index contributed by atoms with van der Waals surface area (Å²) in [5, 5.41) is 0. The molecule has 0 aliphatic heterocycles. The van der Waals surface area contributed by atoms with Crippen LogP contribution in [0.15, 0.2) is 25.3 Å². The van der Waals surface area contributed by atoms with Crippen molar-refractivity contribution < 1.29 is 4.74 Å². The van der Waals surface area contributed by atoms with Crippen LogP contribution in [0.5, 0.6) is 0 Å². The lowest BCUT2D eigenvalue weighted by Gasteiger charge is -2.24. The van der Waals surface area contributed by atoms with Crippen molar-refractivity contribution in [3.63, 3.8) is 0 Å². The number of allylic oxidation sites excluding steroid dienone is 2. The van der Waals surface area contributed by atoms with Gasteiger partial charge in [-0.05, 0) is 36.5 Å². The molecule has 0 rings (SSSR count). The maximum Gasteiger partial charge on any atom is 0.0471 e. The fourth-order valence-electron chi connectivity index (χ4n) is 1.78. The summed E-state index contributed by atoms with van der Waals surface area (Å²) in [4.78, 5) is 0. The van der Waals surface area contributed by atoms with Gasteiger partial charge in [0.05, 0.1) is 0 Å². The van der Waals surface area contributed by atoms with Gasteiger partial charge in [0.15, 0.2) is 0 Å². The molecule has 0 radical (unpaired) electrons. The third-order valence-corrected chi connectivity index (χ3v) is 3.24. The average Bonchev–Trinajstić information content (AvgIpc) is 2.16. The molecule has 0 saturated heterocycles. The molecule has 0 aliphatic rings. The minimum atomic E-state index is 0.318. The summed E-state index contributed by atoms with van der Waals surface area (Å²) >= 11 is 0. The van der Waals surface area contributed by atoms with Crippen molar-refractivity contribution in [2.24, 2.45) is 10.8 Å². The Labute approximate surface area is 108 Å². The van der Waals surface area contributed by atoms with E-state index in [9.17, 15) is 0 Å². The molecule has 0 spiro atoms. The molecule has 0 amide bonds. The highest BCUT2D eigenvalue weighted by Crippen LogP contribution is 2.27. The van der Waals surface area contributed by atoms with Gasteiger partial charge in [0.25, 0.3) is 0 Å². The molecule has 0 bridgehead atoms. The highest BCUT2D eigenvalue weighted by atomic mass is 16.5. The van der Waals surface area contributed by atoms with Crippen LogP contribution in [0, 0.1) is 10.8 Å². The molecule has 1 nitrogen and oxygen atoms in total. The number of ether oxygens (including phenoxy) is 1. The summed E-state index contributed by atoms with van der Waals surface area (Å²) in [5.41, 5.74) is 0.636. The van der Waals surface area contributed by atoms with Crippen molar-refractivity contribution in [1.29, 1.82) is 0 Å². The second-order valence-electron chi connectivity index (χ2n) is 6.43. The standard InChI is InChI=1S/C16H30O/c1-7-9-15(3,4)11-13-17-14-12-16(5,6)10-8-2/h7-8H,1-2,9-14H2,3-6H3. The van der Waals surface area contributed by atoms with Gasteiger partial charge in [-0.2, -0.15) is 0 Å². The second kappa shape index (κ2) is 7.71. The van der Waals surface area contributed by atoms with Crippen LogP contribution in [-0.4, -0.2) is 13.2 Å². The molecule has 0 unspecified atom stereocenters. The summed E-state index contributed by atoms with van der Waals surface area (Å²) in [6.45, 7) is 18.3. The van der Waals surface area contributed by atoms with Gasteiger partial charge in [-0.25, -0.2) is 0 Å². The van der Waals surface area contributed by atoms with E-state index in [1.807, 2.05) is 12.2 Å². The van der Waals surface area contributed by atoms with Crippen LogP contribution in [0.25, 0.3) is 0 Å². The second-order valence-corrected chi connectivity index (χ2v) is 6.43. The quantitative estimate of drug-likeness (QED) is 0.385. The summed E-state index contributed by atoms with van der Waals surface area (Å²) in [7, 11) is 0. The summed E-state index contributed by atoms with van der Waals surface area (Å²) in [6.07, 6.45) is 8.29. The molecule has 0 saturated carbocycles. The molecule has 0 aromatic heterocycles. The van der Waals surface area contributed by atoms with E-state index in [0.29, 0.717) is 10.8 Å². The Kier molecular flexibility index (Phi) is 7.45. The van der Waals surface area contributed by atoms with Gasteiger partial charge in [-0.1, -0.05) is 39.8 Å². The highest BCUT2D eigenvalue weighted by molar-refractivity contribution is 4.80. The Bertz CT molecular complexity index is 202. The number of hydrogen-bond donors (Lipinski definition) is 0. The third kappa shape index (κ3) is 9.17. The van der Waals surface area contributed by atoms with Gasteiger partial charge < -0.3 is 4.74 Å². The van der Waals surface area contributed by atoms with E-state index in [0.717, 1.165) is 38.9 Å². The van der Waals surface area contributed by atoms with Gasteiger partial charge in [-0.15, -0.1) is 13.2 Å². The minimum absolute atomic E-state index is 0.318. The zero-order valence-corrected chi connectivity index (χ0v) is 12.2. The van der Waals surface area contributed by atoms with Crippen molar-refractivity contribution in [3.05, 3.63) is 25.3 Å². The Hall–Kier alpha value is -0.560. The van der Waals surface area contributed by atoms with E-state index in [2.05, 4.69) is 40.9 Å². The Balaban J connectivity index is 3.65. The summed E-state index contributed by atoms with van der Waals surface area (Å²) in [5.74, 6) is 0. The molecule has 100 valence electrons. The number of hydrogen-bond acceptors (Lipinski definition) is 1. The normalized spacial score (nSPS) is 12.5. The predicted octanol–water partition coefficient (Wildman–Crippen LogP) is 4.99. The zero-order chi connectivity index (χ0) is 13.4. The molecule has 0 N–H and O–H groups in total. The van der Waals surface area contributed by atoms with Crippen molar-refractivity contribution >= 4 is 0 Å². The maximum atomic E-state index is 5.73. The van der Waals surface area contributed by atoms with Gasteiger partial charge >= 0.3 is 0 Å². The highest BCUT2D eigenvalue weighted by Gasteiger charge is 2.17. The lowest BCUT2D eigenvalue weighted by Crippen LogP contribution is -2.17. The van der Waals surface area contributed by atoms with E-state index in [-0.39, 0.29) is 0 Å². The molecule has 0 heterocycles. The van der Waals surface area contributed by atoms with Crippen LogP contribution in [0.1, 0.15) is 53.4 Å². The van der Waals surface area contributed by atoms with Crippen LogP contribution < -0.4 is 0 Å². The van der Waals surface area contributed by atoms with Crippen LogP contribution in [0.3, 0.4) is 0 Å². The van der Waals surface area contributed by atoms with E-state index in [4.69, 9.17) is 4.74 Å². The molecule has 17 heavy (non-hydrogen) atoms. The van der Waals surface area contributed by atoms with Crippen LogP contribution in [0.2, 0.25) is 0 Å². The molecule has 0 fully saturated rings. The van der Waals surface area contributed by atoms with Crippen LogP contribution >= 0.6 is 0 Å². The zero-order valence-electron chi connectivity index (χ0n) is 12.2. The topological polar surface area (TPSA) is 9.23 Å². The molecule has 0 aromatic carbocycles. The summed E-state index contributed by atoms with van der Waals surface area (Å²) < 4.78 is 5.73.